The molecule has 1 atom stereocenters. The molecule has 0 saturated carbocycles. The SMILES string of the molecule is CCNC(C)c1cccnc1Sc1cccc(C)c1. The van der Waals surface area contributed by atoms with Gasteiger partial charge >= 0.3 is 0 Å². The fraction of sp³-hybridized carbons (Fsp3) is 0.312. The largest absolute Gasteiger partial charge is 0.310 e. The number of nitrogens with one attached hydrogen (secondary N) is 1. The maximum Gasteiger partial charge on any atom is 0.105 e. The van der Waals surface area contributed by atoms with E-state index < -0.39 is 0 Å². The number of hydrogen-bond acceptors (Lipinski definition) is 3. The molecule has 0 bridgehead atoms. The standard InChI is InChI=1S/C16H20N2S/c1-4-17-13(3)15-9-6-10-18-16(15)19-14-8-5-7-12(2)11-14/h5-11,13,17H,4H2,1-3H3. The van der Waals surface area contributed by atoms with Gasteiger partial charge in [-0.1, -0.05) is 42.4 Å². The van der Waals surface area contributed by atoms with E-state index in [2.05, 4.69) is 61.4 Å². The maximum absolute atomic E-state index is 4.53. The Morgan fingerprint density at radius 3 is 2.84 bits per heavy atom. The molecule has 0 fully saturated rings. The summed E-state index contributed by atoms with van der Waals surface area (Å²) in [5.74, 6) is 0. The fourth-order valence-electron chi connectivity index (χ4n) is 2.02. The van der Waals surface area contributed by atoms with Crippen molar-refractivity contribution in [1.29, 1.82) is 0 Å². The van der Waals surface area contributed by atoms with E-state index in [-0.39, 0.29) is 0 Å². The molecule has 0 saturated heterocycles. The number of rotatable bonds is 5. The predicted octanol–water partition coefficient (Wildman–Crippen LogP) is 4.21. The highest BCUT2D eigenvalue weighted by Gasteiger charge is 2.11. The van der Waals surface area contributed by atoms with Gasteiger partial charge in [-0.25, -0.2) is 4.98 Å². The zero-order valence-corrected chi connectivity index (χ0v) is 12.5. The molecular formula is C16H20N2S. The lowest BCUT2D eigenvalue weighted by Crippen LogP contribution is -2.18. The highest BCUT2D eigenvalue weighted by atomic mass is 32.2. The first-order valence-corrected chi connectivity index (χ1v) is 7.45. The van der Waals surface area contributed by atoms with Crippen LogP contribution in [0.5, 0.6) is 0 Å². The van der Waals surface area contributed by atoms with Crippen molar-refractivity contribution in [3.05, 3.63) is 53.7 Å². The summed E-state index contributed by atoms with van der Waals surface area (Å²) >= 11 is 1.73. The molecule has 0 amide bonds. The molecule has 1 unspecified atom stereocenters. The van der Waals surface area contributed by atoms with E-state index in [0.717, 1.165) is 11.6 Å². The molecule has 1 N–H and O–H groups in total. The Hall–Kier alpha value is -1.32. The van der Waals surface area contributed by atoms with E-state index in [1.165, 1.54) is 16.0 Å². The van der Waals surface area contributed by atoms with Crippen LogP contribution in [0.2, 0.25) is 0 Å². The third-order valence-corrected chi connectivity index (χ3v) is 4.01. The summed E-state index contributed by atoms with van der Waals surface area (Å²) in [5, 5.41) is 4.53. The number of benzene rings is 1. The molecule has 2 rings (SSSR count). The summed E-state index contributed by atoms with van der Waals surface area (Å²) in [6.07, 6.45) is 1.86. The summed E-state index contributed by atoms with van der Waals surface area (Å²) < 4.78 is 0. The molecule has 1 aromatic heterocycles. The molecule has 100 valence electrons. The molecule has 0 aliphatic rings. The van der Waals surface area contributed by atoms with E-state index in [4.69, 9.17) is 0 Å². The van der Waals surface area contributed by atoms with Crippen molar-refractivity contribution in [2.24, 2.45) is 0 Å². The van der Waals surface area contributed by atoms with Crippen molar-refractivity contribution in [1.82, 2.24) is 10.3 Å². The van der Waals surface area contributed by atoms with Crippen LogP contribution in [-0.4, -0.2) is 11.5 Å². The van der Waals surface area contributed by atoms with Crippen molar-refractivity contribution in [3.8, 4) is 0 Å². The number of pyridine rings is 1. The van der Waals surface area contributed by atoms with Crippen LogP contribution in [0.3, 0.4) is 0 Å². The second kappa shape index (κ2) is 6.73. The quantitative estimate of drug-likeness (QED) is 0.882. The molecule has 0 aliphatic carbocycles. The minimum absolute atomic E-state index is 0.325. The van der Waals surface area contributed by atoms with Gasteiger partial charge in [-0.3, -0.25) is 0 Å². The van der Waals surface area contributed by atoms with Gasteiger partial charge in [-0.2, -0.15) is 0 Å². The molecule has 0 aliphatic heterocycles. The number of hydrogen-bond donors (Lipinski definition) is 1. The van der Waals surface area contributed by atoms with Gasteiger partial charge in [0.2, 0.25) is 0 Å². The van der Waals surface area contributed by atoms with Gasteiger partial charge in [0.1, 0.15) is 5.03 Å². The van der Waals surface area contributed by atoms with E-state index in [1.807, 2.05) is 12.3 Å². The average molecular weight is 272 g/mol. The van der Waals surface area contributed by atoms with Crippen molar-refractivity contribution in [3.63, 3.8) is 0 Å². The summed E-state index contributed by atoms with van der Waals surface area (Å²) in [6, 6.07) is 13.0. The number of nitrogens with zero attached hydrogens (tertiary/aromatic N) is 1. The van der Waals surface area contributed by atoms with Gasteiger partial charge in [0.15, 0.2) is 0 Å². The highest BCUT2D eigenvalue weighted by molar-refractivity contribution is 7.99. The first-order valence-electron chi connectivity index (χ1n) is 6.63. The lowest BCUT2D eigenvalue weighted by atomic mass is 10.1. The molecule has 1 aromatic carbocycles. The highest BCUT2D eigenvalue weighted by Crippen LogP contribution is 2.31. The first-order chi connectivity index (χ1) is 9.20. The minimum Gasteiger partial charge on any atom is -0.310 e. The second-order valence-corrected chi connectivity index (χ2v) is 5.66. The Balaban J connectivity index is 2.25. The van der Waals surface area contributed by atoms with Crippen molar-refractivity contribution < 1.29 is 0 Å². The van der Waals surface area contributed by atoms with Gasteiger partial charge in [0, 0.05) is 22.7 Å². The molecule has 2 nitrogen and oxygen atoms in total. The molecule has 19 heavy (non-hydrogen) atoms. The summed E-state index contributed by atoms with van der Waals surface area (Å²) in [5.41, 5.74) is 2.54. The zero-order valence-electron chi connectivity index (χ0n) is 11.7. The van der Waals surface area contributed by atoms with Crippen LogP contribution in [0.4, 0.5) is 0 Å². The van der Waals surface area contributed by atoms with Crippen molar-refractivity contribution in [2.45, 2.75) is 36.7 Å². The lowest BCUT2D eigenvalue weighted by molar-refractivity contribution is 0.585. The van der Waals surface area contributed by atoms with Crippen LogP contribution in [0.1, 0.15) is 31.0 Å². The van der Waals surface area contributed by atoms with Crippen LogP contribution in [0, 0.1) is 6.92 Å². The van der Waals surface area contributed by atoms with E-state index in [1.54, 1.807) is 11.8 Å². The monoisotopic (exact) mass is 272 g/mol. The molecule has 3 heteroatoms. The van der Waals surface area contributed by atoms with Gasteiger partial charge in [0.05, 0.1) is 0 Å². The van der Waals surface area contributed by atoms with Crippen LogP contribution < -0.4 is 5.32 Å². The Labute approximate surface area is 119 Å². The zero-order chi connectivity index (χ0) is 13.7. The van der Waals surface area contributed by atoms with Crippen molar-refractivity contribution >= 4 is 11.8 Å². The van der Waals surface area contributed by atoms with Gasteiger partial charge in [-0.15, -0.1) is 0 Å². The average Bonchev–Trinajstić information content (AvgIpc) is 2.39. The molecule has 0 radical (unpaired) electrons. The maximum atomic E-state index is 4.53. The van der Waals surface area contributed by atoms with Crippen LogP contribution in [0.25, 0.3) is 0 Å². The predicted molar refractivity (Wildman–Crippen MR) is 81.6 cm³/mol. The topological polar surface area (TPSA) is 24.9 Å². The Morgan fingerprint density at radius 1 is 1.26 bits per heavy atom. The van der Waals surface area contributed by atoms with E-state index >= 15 is 0 Å². The fourth-order valence-corrected chi connectivity index (χ4v) is 3.12. The third kappa shape index (κ3) is 3.82. The summed E-state index contributed by atoms with van der Waals surface area (Å²) in [4.78, 5) is 5.77. The lowest BCUT2D eigenvalue weighted by Gasteiger charge is -2.15. The number of aromatic nitrogens is 1. The Bertz CT molecular complexity index is 540. The molecule has 2 aromatic rings. The second-order valence-electron chi connectivity index (χ2n) is 4.60. The smallest absolute Gasteiger partial charge is 0.105 e. The Kier molecular flexibility index (Phi) is 5.00. The van der Waals surface area contributed by atoms with Crippen LogP contribution in [-0.2, 0) is 0 Å². The van der Waals surface area contributed by atoms with Crippen molar-refractivity contribution in [2.75, 3.05) is 6.54 Å². The summed E-state index contributed by atoms with van der Waals surface area (Å²) in [7, 11) is 0. The first kappa shape index (κ1) is 14.1. The van der Waals surface area contributed by atoms with Crippen LogP contribution in [0.15, 0.2) is 52.5 Å². The third-order valence-electron chi connectivity index (χ3n) is 2.98. The molecular weight excluding hydrogens is 252 g/mol. The molecule has 1 heterocycles. The van der Waals surface area contributed by atoms with Gasteiger partial charge in [0.25, 0.3) is 0 Å². The number of aryl methyl sites for hydroxylation is 1. The van der Waals surface area contributed by atoms with Gasteiger partial charge < -0.3 is 5.32 Å². The van der Waals surface area contributed by atoms with E-state index in [0.29, 0.717) is 6.04 Å². The molecule has 0 spiro atoms. The normalized spacial score (nSPS) is 12.4. The minimum atomic E-state index is 0.325. The van der Waals surface area contributed by atoms with Crippen LogP contribution >= 0.6 is 11.8 Å². The van der Waals surface area contributed by atoms with Gasteiger partial charge in [-0.05, 0) is 38.6 Å². The summed E-state index contributed by atoms with van der Waals surface area (Å²) in [6.45, 7) is 7.39. The van der Waals surface area contributed by atoms with E-state index in [9.17, 15) is 0 Å². The Morgan fingerprint density at radius 2 is 2.11 bits per heavy atom.